The van der Waals surface area contributed by atoms with Crippen molar-refractivity contribution in [3.05, 3.63) is 48.3 Å². The Bertz CT molecular complexity index is 1190. The largest absolute Gasteiger partial charge is 0.497 e. The first kappa shape index (κ1) is 25.1. The Morgan fingerprint density at radius 1 is 1.09 bits per heavy atom. The van der Waals surface area contributed by atoms with Gasteiger partial charge in [0.1, 0.15) is 11.6 Å². The van der Waals surface area contributed by atoms with Crippen molar-refractivity contribution >= 4 is 42.4 Å². The molecule has 0 N–H and O–H groups in total. The third-order valence-electron chi connectivity index (χ3n) is 5.08. The number of ether oxygens (including phenoxy) is 1. The third kappa shape index (κ3) is 6.72. The summed E-state index contributed by atoms with van der Waals surface area (Å²) >= 11 is 1.41. The number of aromatic nitrogens is 1. The molecule has 0 saturated carbocycles. The Kier molecular flexibility index (Phi) is 8.39. The van der Waals surface area contributed by atoms with Crippen molar-refractivity contribution in [3.8, 4) is 5.75 Å². The van der Waals surface area contributed by atoms with Gasteiger partial charge in [-0.2, -0.15) is 0 Å². The number of hydrogen-bond donors (Lipinski definition) is 0. The molecule has 0 aliphatic rings. The molecule has 0 bridgehead atoms. The van der Waals surface area contributed by atoms with E-state index in [4.69, 9.17) is 4.74 Å². The summed E-state index contributed by atoms with van der Waals surface area (Å²) < 4.78 is 44.3. The van der Waals surface area contributed by atoms with Crippen LogP contribution in [0, 0.1) is 5.82 Å². The van der Waals surface area contributed by atoms with Gasteiger partial charge in [0.25, 0.3) is 0 Å². The van der Waals surface area contributed by atoms with Gasteiger partial charge in [0.2, 0.25) is 5.91 Å². The minimum atomic E-state index is -3.59. The Morgan fingerprint density at radius 2 is 1.82 bits per heavy atom. The van der Waals surface area contributed by atoms with E-state index in [2.05, 4.69) is 4.98 Å². The number of fused-ring (bicyclic) bond motifs is 1. The molecule has 0 spiro atoms. The van der Waals surface area contributed by atoms with Crippen molar-refractivity contribution in [2.24, 2.45) is 0 Å². The number of benzene rings is 2. The highest BCUT2D eigenvalue weighted by atomic mass is 32.2. The molecule has 7 nitrogen and oxygen atoms in total. The molecule has 10 heteroatoms. The van der Waals surface area contributed by atoms with Gasteiger partial charge < -0.3 is 9.64 Å². The number of sulfone groups is 1. The molecule has 0 atom stereocenters. The van der Waals surface area contributed by atoms with Gasteiger partial charge in [-0.1, -0.05) is 11.3 Å². The van der Waals surface area contributed by atoms with Crippen molar-refractivity contribution in [2.75, 3.05) is 44.9 Å². The quantitative estimate of drug-likeness (QED) is 0.376. The first-order valence-corrected chi connectivity index (χ1v) is 13.0. The number of amides is 1. The fourth-order valence-electron chi connectivity index (χ4n) is 3.32. The van der Waals surface area contributed by atoms with Crippen LogP contribution >= 0.6 is 11.3 Å². The Balaban J connectivity index is 1.72. The second-order valence-corrected chi connectivity index (χ2v) is 11.0. The molecule has 0 aliphatic carbocycles. The van der Waals surface area contributed by atoms with E-state index in [1.165, 1.54) is 23.5 Å². The average molecular weight is 494 g/mol. The van der Waals surface area contributed by atoms with Crippen molar-refractivity contribution < 1.29 is 22.3 Å². The van der Waals surface area contributed by atoms with Gasteiger partial charge in [0, 0.05) is 13.0 Å². The third-order valence-corrected chi connectivity index (χ3v) is 7.94. The first-order chi connectivity index (χ1) is 15.7. The SMILES string of the molecule is COc1ccc2nc(N(CCCN(C)C)C(=O)CCCS(=O)(=O)c3ccc(F)cc3)sc2c1. The molecule has 3 aromatic rings. The summed E-state index contributed by atoms with van der Waals surface area (Å²) in [6.07, 6.45) is 0.995. The first-order valence-electron chi connectivity index (χ1n) is 10.6. The molecule has 0 aliphatic heterocycles. The molecule has 0 radical (unpaired) electrons. The monoisotopic (exact) mass is 493 g/mol. The maximum atomic E-state index is 13.1. The molecule has 33 heavy (non-hydrogen) atoms. The van der Waals surface area contributed by atoms with Crippen LogP contribution in [-0.4, -0.2) is 64.3 Å². The molecule has 2 aromatic carbocycles. The average Bonchev–Trinajstić information content (AvgIpc) is 3.19. The minimum absolute atomic E-state index is 0.0549. The van der Waals surface area contributed by atoms with Crippen LogP contribution < -0.4 is 9.64 Å². The van der Waals surface area contributed by atoms with Gasteiger partial charge in [-0.25, -0.2) is 17.8 Å². The van der Waals surface area contributed by atoms with E-state index in [-0.39, 0.29) is 29.4 Å². The van der Waals surface area contributed by atoms with Gasteiger partial charge in [-0.15, -0.1) is 0 Å². The van der Waals surface area contributed by atoms with E-state index in [9.17, 15) is 17.6 Å². The maximum Gasteiger partial charge on any atom is 0.228 e. The number of anilines is 1. The lowest BCUT2D eigenvalue weighted by Gasteiger charge is -2.21. The highest BCUT2D eigenvalue weighted by Crippen LogP contribution is 2.32. The number of thiazole rings is 1. The zero-order valence-electron chi connectivity index (χ0n) is 19.0. The molecule has 0 saturated heterocycles. The number of hydrogen-bond acceptors (Lipinski definition) is 7. The zero-order valence-corrected chi connectivity index (χ0v) is 20.6. The number of methoxy groups -OCH3 is 1. The summed E-state index contributed by atoms with van der Waals surface area (Å²) in [6.45, 7) is 1.29. The van der Waals surface area contributed by atoms with Crippen LogP contribution in [0.2, 0.25) is 0 Å². The van der Waals surface area contributed by atoms with Crippen LogP contribution in [0.5, 0.6) is 5.75 Å². The summed E-state index contributed by atoms with van der Waals surface area (Å²) in [5.74, 6) is -0.137. The van der Waals surface area contributed by atoms with Crippen molar-refractivity contribution in [1.29, 1.82) is 0 Å². The second kappa shape index (κ2) is 11.0. The molecule has 0 unspecified atom stereocenters. The van der Waals surface area contributed by atoms with Gasteiger partial charge in [-0.3, -0.25) is 9.69 Å². The lowest BCUT2D eigenvalue weighted by Crippen LogP contribution is -2.33. The predicted octanol–water partition coefficient (Wildman–Crippen LogP) is 3.98. The second-order valence-electron chi connectivity index (χ2n) is 7.91. The van der Waals surface area contributed by atoms with Crippen molar-refractivity contribution in [3.63, 3.8) is 0 Å². The minimum Gasteiger partial charge on any atom is -0.497 e. The molecule has 1 aromatic heterocycles. The van der Waals surface area contributed by atoms with E-state index in [0.717, 1.165) is 35.3 Å². The van der Waals surface area contributed by atoms with E-state index in [1.807, 2.05) is 37.2 Å². The fourth-order valence-corrected chi connectivity index (χ4v) is 5.66. The number of nitrogens with zero attached hydrogens (tertiary/aromatic N) is 3. The van der Waals surface area contributed by atoms with Gasteiger partial charge in [0.15, 0.2) is 15.0 Å². The Labute approximate surface area is 197 Å². The number of rotatable bonds is 11. The van der Waals surface area contributed by atoms with Crippen LogP contribution in [-0.2, 0) is 14.6 Å². The molecular weight excluding hydrogens is 465 g/mol. The van der Waals surface area contributed by atoms with Crippen molar-refractivity contribution in [1.82, 2.24) is 9.88 Å². The van der Waals surface area contributed by atoms with Crippen LogP contribution in [0.1, 0.15) is 19.3 Å². The van der Waals surface area contributed by atoms with Crippen molar-refractivity contribution in [2.45, 2.75) is 24.2 Å². The summed E-state index contributed by atoms with van der Waals surface area (Å²) in [4.78, 5) is 21.5. The molecule has 3 rings (SSSR count). The number of carbonyl (C=O) groups excluding carboxylic acids is 1. The summed E-state index contributed by atoms with van der Waals surface area (Å²) in [7, 11) is 1.94. The van der Waals surface area contributed by atoms with E-state index in [0.29, 0.717) is 17.4 Å². The van der Waals surface area contributed by atoms with Crippen LogP contribution in [0.15, 0.2) is 47.4 Å². The molecule has 0 fully saturated rings. The van der Waals surface area contributed by atoms with Crippen LogP contribution in [0.3, 0.4) is 0 Å². The molecular formula is C23H28FN3O4S2. The molecule has 178 valence electrons. The highest BCUT2D eigenvalue weighted by molar-refractivity contribution is 7.91. The fraction of sp³-hybridized carbons (Fsp3) is 0.391. The predicted molar refractivity (Wildman–Crippen MR) is 129 cm³/mol. The molecule has 1 amide bonds. The zero-order chi connectivity index (χ0) is 24.0. The van der Waals surface area contributed by atoms with E-state index in [1.54, 1.807) is 12.0 Å². The molecule has 1 heterocycles. The Hall–Kier alpha value is -2.56. The topological polar surface area (TPSA) is 79.8 Å². The summed E-state index contributed by atoms with van der Waals surface area (Å²) in [6, 6.07) is 10.3. The van der Waals surface area contributed by atoms with Crippen LogP contribution in [0.25, 0.3) is 10.2 Å². The maximum absolute atomic E-state index is 13.1. The van der Waals surface area contributed by atoms with E-state index >= 15 is 0 Å². The smallest absolute Gasteiger partial charge is 0.228 e. The van der Waals surface area contributed by atoms with E-state index < -0.39 is 15.7 Å². The van der Waals surface area contributed by atoms with Gasteiger partial charge in [0.05, 0.1) is 28.0 Å². The lowest BCUT2D eigenvalue weighted by molar-refractivity contribution is -0.118. The standard InChI is InChI=1S/C23H28FN3O4S2/c1-26(2)13-5-14-27(23-25-20-12-9-18(31-3)16-21(20)32-23)22(28)6-4-15-33(29,30)19-10-7-17(24)8-11-19/h7-12,16H,4-6,13-15H2,1-3H3. The van der Waals surface area contributed by atoms with Crippen LogP contribution in [0.4, 0.5) is 9.52 Å². The highest BCUT2D eigenvalue weighted by Gasteiger charge is 2.21. The number of halogens is 1. The summed E-state index contributed by atoms with van der Waals surface area (Å²) in [5.41, 5.74) is 0.778. The van der Waals surface area contributed by atoms with Gasteiger partial charge in [-0.05, 0) is 75.9 Å². The Morgan fingerprint density at radius 3 is 2.48 bits per heavy atom. The lowest BCUT2D eigenvalue weighted by atomic mass is 10.3. The summed E-state index contributed by atoms with van der Waals surface area (Å²) in [5, 5.41) is 0.586. The van der Waals surface area contributed by atoms with Gasteiger partial charge >= 0.3 is 0 Å². The number of carbonyl (C=O) groups is 1. The normalized spacial score (nSPS) is 11.8.